The smallest absolute Gasteiger partial charge is 0.309 e. The maximum atomic E-state index is 10.9. The average molecular weight is 355 g/mol. The molecule has 0 aromatic carbocycles. The highest BCUT2D eigenvalue weighted by molar-refractivity contribution is 5.85. The maximum Gasteiger partial charge on any atom is 0.309 e. The van der Waals surface area contributed by atoms with E-state index in [2.05, 4.69) is 20.1 Å². The average Bonchev–Trinajstić information content (AvgIpc) is 3.17. The van der Waals surface area contributed by atoms with E-state index in [0.29, 0.717) is 23.7 Å². The Hall–Kier alpha value is -0.560. The summed E-state index contributed by atoms with van der Waals surface area (Å²) in [5.74, 6) is 2.78. The summed E-state index contributed by atoms with van der Waals surface area (Å²) in [6.07, 6.45) is 0. The second kappa shape index (κ2) is 7.81. The Morgan fingerprint density at radius 2 is 1.00 bits per heavy atom. The van der Waals surface area contributed by atoms with E-state index in [-0.39, 0.29) is 48.6 Å². The largest absolute Gasteiger partial charge is 0.469 e. The number of carbonyl (C=O) groups is 2. The van der Waals surface area contributed by atoms with E-state index >= 15 is 0 Å². The molecule has 0 aromatic rings. The number of hydrogen-bond donors (Lipinski definition) is 2. The number of carbonyl (C=O) groups excluding carboxylic acids is 2. The van der Waals surface area contributed by atoms with Crippen molar-refractivity contribution in [3.63, 3.8) is 0 Å². The van der Waals surface area contributed by atoms with Crippen molar-refractivity contribution < 1.29 is 19.1 Å². The molecule has 2 unspecified atom stereocenters. The lowest BCUT2D eigenvalue weighted by Crippen LogP contribution is -2.19. The van der Waals surface area contributed by atoms with Gasteiger partial charge in [0, 0.05) is 0 Å². The molecular formula is C14H24Cl2N2O4. The summed E-state index contributed by atoms with van der Waals surface area (Å²) in [7, 11) is 2.92. The molecule has 2 heterocycles. The van der Waals surface area contributed by atoms with Crippen LogP contribution in [0.15, 0.2) is 0 Å². The summed E-state index contributed by atoms with van der Waals surface area (Å²) in [4.78, 5) is 21.9. The highest BCUT2D eigenvalue weighted by Gasteiger charge is 2.58. The van der Waals surface area contributed by atoms with Gasteiger partial charge in [-0.15, -0.1) is 24.8 Å². The van der Waals surface area contributed by atoms with Crippen molar-refractivity contribution in [2.75, 3.05) is 40.4 Å². The topological polar surface area (TPSA) is 76.7 Å². The molecule has 0 radical (unpaired) electrons. The lowest BCUT2D eigenvalue weighted by atomic mass is 10.3. The molecule has 2 saturated carbocycles. The van der Waals surface area contributed by atoms with Crippen molar-refractivity contribution >= 4 is 36.8 Å². The number of ether oxygens (including phenoxy) is 2. The molecule has 2 saturated heterocycles. The summed E-state index contributed by atoms with van der Waals surface area (Å²) < 4.78 is 9.29. The van der Waals surface area contributed by atoms with Gasteiger partial charge >= 0.3 is 11.9 Å². The van der Waals surface area contributed by atoms with Crippen LogP contribution in [0.2, 0.25) is 0 Å². The predicted octanol–water partition coefficient (Wildman–Crippen LogP) is 0.0932. The molecule has 2 aliphatic heterocycles. The van der Waals surface area contributed by atoms with Gasteiger partial charge in [-0.25, -0.2) is 0 Å². The van der Waals surface area contributed by atoms with Crippen LogP contribution < -0.4 is 10.6 Å². The van der Waals surface area contributed by atoms with Crippen molar-refractivity contribution in [3.8, 4) is 0 Å². The van der Waals surface area contributed by atoms with Crippen LogP contribution in [0.25, 0.3) is 0 Å². The second-order valence-corrected chi connectivity index (χ2v) is 6.07. The summed E-state index contributed by atoms with van der Waals surface area (Å²) in [6, 6.07) is 0. The van der Waals surface area contributed by atoms with Crippen LogP contribution in [0.5, 0.6) is 0 Å². The van der Waals surface area contributed by atoms with E-state index in [1.54, 1.807) is 0 Å². The highest BCUT2D eigenvalue weighted by Crippen LogP contribution is 2.49. The van der Waals surface area contributed by atoms with Gasteiger partial charge in [0.2, 0.25) is 0 Å². The zero-order valence-electron chi connectivity index (χ0n) is 12.7. The molecule has 4 fully saturated rings. The third-order valence-corrected chi connectivity index (χ3v) is 5.13. The molecule has 6 atom stereocenters. The van der Waals surface area contributed by atoms with Crippen LogP contribution in [-0.2, 0) is 19.1 Å². The molecule has 22 heavy (non-hydrogen) atoms. The van der Waals surface area contributed by atoms with Gasteiger partial charge in [-0.1, -0.05) is 0 Å². The SMILES string of the molecule is COC(=O)C1[C@H]2CNC[C@@H]12.COC(=O)C1[C@H]2CNC[C@@H]12.Cl.Cl. The monoisotopic (exact) mass is 354 g/mol. The number of methoxy groups -OCH3 is 2. The van der Waals surface area contributed by atoms with Crippen LogP contribution in [0.4, 0.5) is 0 Å². The van der Waals surface area contributed by atoms with Gasteiger partial charge in [0.25, 0.3) is 0 Å². The molecule has 6 nitrogen and oxygen atoms in total. The Labute approximate surface area is 142 Å². The zero-order chi connectivity index (χ0) is 14.3. The van der Waals surface area contributed by atoms with E-state index in [1.165, 1.54) is 14.2 Å². The van der Waals surface area contributed by atoms with Crippen LogP contribution in [0.3, 0.4) is 0 Å². The number of rotatable bonds is 2. The first-order chi connectivity index (χ1) is 9.69. The van der Waals surface area contributed by atoms with E-state index in [4.69, 9.17) is 0 Å². The van der Waals surface area contributed by atoms with Crippen molar-refractivity contribution in [3.05, 3.63) is 0 Å². The van der Waals surface area contributed by atoms with Gasteiger partial charge in [-0.3, -0.25) is 9.59 Å². The Balaban J connectivity index is 0.000000202. The first-order valence-corrected chi connectivity index (χ1v) is 7.26. The van der Waals surface area contributed by atoms with Crippen molar-refractivity contribution in [1.29, 1.82) is 0 Å². The predicted molar refractivity (Wildman–Crippen MR) is 85.2 cm³/mol. The number of hydrogen-bond acceptors (Lipinski definition) is 6. The third-order valence-electron chi connectivity index (χ3n) is 5.13. The van der Waals surface area contributed by atoms with Gasteiger partial charge in [-0.2, -0.15) is 0 Å². The van der Waals surface area contributed by atoms with Crippen molar-refractivity contribution in [2.45, 2.75) is 0 Å². The first kappa shape index (κ1) is 19.5. The lowest BCUT2D eigenvalue weighted by Gasteiger charge is -2.00. The van der Waals surface area contributed by atoms with Crippen LogP contribution in [0, 0.1) is 35.5 Å². The minimum absolute atomic E-state index is 0. The standard InChI is InChI=1S/2C7H11NO2.2ClH/c2*1-10-7(9)6-4-2-8-3-5(4)6;;/h2*4-6,8H,2-3H2,1H3;2*1H/t2*4-,5+,6?;;. The van der Waals surface area contributed by atoms with Crippen molar-refractivity contribution in [2.24, 2.45) is 35.5 Å². The van der Waals surface area contributed by atoms with E-state index in [1.807, 2.05) is 0 Å². The van der Waals surface area contributed by atoms with Crippen LogP contribution >= 0.6 is 24.8 Å². The third kappa shape index (κ3) is 3.50. The minimum atomic E-state index is -0.0171. The fraction of sp³-hybridized carbons (Fsp3) is 0.857. The van der Waals surface area contributed by atoms with Crippen molar-refractivity contribution in [1.82, 2.24) is 10.6 Å². The molecule has 0 amide bonds. The Bertz CT molecular complexity index is 366. The number of piperidine rings is 2. The number of fused-ring (bicyclic) bond motifs is 2. The number of nitrogens with one attached hydrogen (secondary N) is 2. The molecule has 128 valence electrons. The number of esters is 2. The quantitative estimate of drug-likeness (QED) is 0.684. The minimum Gasteiger partial charge on any atom is -0.469 e. The summed E-state index contributed by atoms with van der Waals surface area (Å²) in [5.41, 5.74) is 0. The normalized spacial score (nSPS) is 38.8. The molecule has 8 heteroatoms. The van der Waals surface area contributed by atoms with E-state index in [0.717, 1.165) is 26.2 Å². The van der Waals surface area contributed by atoms with Gasteiger partial charge in [0.05, 0.1) is 26.1 Å². The fourth-order valence-electron chi connectivity index (χ4n) is 3.81. The fourth-order valence-corrected chi connectivity index (χ4v) is 3.81. The lowest BCUT2D eigenvalue weighted by molar-refractivity contribution is -0.143. The van der Waals surface area contributed by atoms with Crippen LogP contribution in [0.1, 0.15) is 0 Å². The van der Waals surface area contributed by atoms with Crippen LogP contribution in [-0.4, -0.2) is 52.3 Å². The molecular weight excluding hydrogens is 331 g/mol. The highest BCUT2D eigenvalue weighted by atomic mass is 35.5. The van der Waals surface area contributed by atoms with E-state index in [9.17, 15) is 9.59 Å². The second-order valence-electron chi connectivity index (χ2n) is 6.07. The molecule has 2 aliphatic carbocycles. The number of halogens is 2. The maximum absolute atomic E-state index is 10.9. The zero-order valence-corrected chi connectivity index (χ0v) is 14.4. The van der Waals surface area contributed by atoms with Gasteiger partial charge in [0.15, 0.2) is 0 Å². The summed E-state index contributed by atoms with van der Waals surface area (Å²) >= 11 is 0. The summed E-state index contributed by atoms with van der Waals surface area (Å²) in [5, 5.41) is 6.45. The molecule has 4 rings (SSSR count). The Kier molecular flexibility index (Phi) is 6.92. The van der Waals surface area contributed by atoms with E-state index < -0.39 is 0 Å². The Morgan fingerprint density at radius 1 is 0.727 bits per heavy atom. The van der Waals surface area contributed by atoms with Gasteiger partial charge < -0.3 is 20.1 Å². The van der Waals surface area contributed by atoms with Gasteiger partial charge in [-0.05, 0) is 49.9 Å². The van der Waals surface area contributed by atoms with Gasteiger partial charge in [0.1, 0.15) is 0 Å². The molecule has 0 aromatic heterocycles. The molecule has 2 N–H and O–H groups in total. The molecule has 4 aliphatic rings. The Morgan fingerprint density at radius 3 is 1.23 bits per heavy atom. The first-order valence-electron chi connectivity index (χ1n) is 7.26. The molecule has 0 spiro atoms. The molecule has 0 bridgehead atoms. The summed E-state index contributed by atoms with van der Waals surface area (Å²) in [6.45, 7) is 4.02.